The van der Waals surface area contributed by atoms with Crippen molar-refractivity contribution in [1.82, 2.24) is 15.3 Å². The molecule has 1 amide bonds. The highest BCUT2D eigenvalue weighted by Crippen LogP contribution is 2.18. The number of amides is 1. The molecule has 1 unspecified atom stereocenters. The number of nitrogens with one attached hydrogen (secondary N) is 2. The Morgan fingerprint density at radius 3 is 2.62 bits per heavy atom. The summed E-state index contributed by atoms with van der Waals surface area (Å²) in [6.45, 7) is 2.08. The molecule has 134 valence electrons. The molecule has 0 aliphatic heterocycles. The standard InChI is InChI=1S/C21H23N3OS/c1-16-7-9-17(10-8-16)14-26-15-21(25)24-19(13-20-22-11-12-23-20)18-5-3-2-4-6-18/h2-12,19H,13-15H2,1H3,(H,22,23)(H,24,25). The molecule has 4 nitrogen and oxygen atoms in total. The van der Waals surface area contributed by atoms with Gasteiger partial charge in [0.2, 0.25) is 5.91 Å². The van der Waals surface area contributed by atoms with Gasteiger partial charge in [0.15, 0.2) is 0 Å². The first-order valence-corrected chi connectivity index (χ1v) is 9.82. The van der Waals surface area contributed by atoms with Crippen molar-refractivity contribution in [2.24, 2.45) is 0 Å². The second-order valence-electron chi connectivity index (χ2n) is 6.25. The second-order valence-corrected chi connectivity index (χ2v) is 7.23. The number of benzene rings is 2. The minimum absolute atomic E-state index is 0.0440. The van der Waals surface area contributed by atoms with Crippen molar-refractivity contribution in [3.05, 3.63) is 89.5 Å². The summed E-state index contributed by atoms with van der Waals surface area (Å²) < 4.78 is 0. The summed E-state index contributed by atoms with van der Waals surface area (Å²) in [5.74, 6) is 2.19. The van der Waals surface area contributed by atoms with E-state index in [4.69, 9.17) is 0 Å². The lowest BCUT2D eigenvalue weighted by molar-refractivity contribution is -0.119. The van der Waals surface area contributed by atoms with Gasteiger partial charge in [-0.05, 0) is 18.1 Å². The van der Waals surface area contributed by atoms with E-state index in [1.165, 1.54) is 11.1 Å². The number of H-pyrrole nitrogens is 1. The molecule has 0 fully saturated rings. The van der Waals surface area contributed by atoms with E-state index in [9.17, 15) is 4.79 Å². The fourth-order valence-electron chi connectivity index (χ4n) is 2.72. The molecule has 0 saturated carbocycles. The number of hydrogen-bond acceptors (Lipinski definition) is 3. The molecule has 0 spiro atoms. The van der Waals surface area contributed by atoms with Gasteiger partial charge in [-0.3, -0.25) is 4.79 Å². The maximum absolute atomic E-state index is 12.4. The van der Waals surface area contributed by atoms with E-state index < -0.39 is 0 Å². The maximum Gasteiger partial charge on any atom is 0.230 e. The molecule has 3 aromatic rings. The minimum atomic E-state index is -0.0881. The van der Waals surface area contributed by atoms with Crippen molar-refractivity contribution in [2.45, 2.75) is 25.1 Å². The second kappa shape index (κ2) is 9.25. The van der Waals surface area contributed by atoms with Crippen LogP contribution in [-0.2, 0) is 17.0 Å². The van der Waals surface area contributed by atoms with E-state index in [-0.39, 0.29) is 11.9 Å². The maximum atomic E-state index is 12.4. The highest BCUT2D eigenvalue weighted by atomic mass is 32.2. The quantitative estimate of drug-likeness (QED) is 0.633. The van der Waals surface area contributed by atoms with Gasteiger partial charge < -0.3 is 10.3 Å². The van der Waals surface area contributed by atoms with Crippen LogP contribution in [0.15, 0.2) is 67.0 Å². The van der Waals surface area contributed by atoms with Crippen LogP contribution in [-0.4, -0.2) is 21.6 Å². The third-order valence-electron chi connectivity index (χ3n) is 4.11. The fourth-order valence-corrected chi connectivity index (χ4v) is 3.52. The first-order valence-electron chi connectivity index (χ1n) is 8.66. The predicted molar refractivity (Wildman–Crippen MR) is 107 cm³/mol. The summed E-state index contributed by atoms with van der Waals surface area (Å²) in [7, 11) is 0. The Kier molecular flexibility index (Phi) is 6.50. The molecule has 26 heavy (non-hydrogen) atoms. The molecule has 2 aromatic carbocycles. The van der Waals surface area contributed by atoms with Crippen molar-refractivity contribution in [1.29, 1.82) is 0 Å². The van der Waals surface area contributed by atoms with Gasteiger partial charge in [-0.15, -0.1) is 11.8 Å². The van der Waals surface area contributed by atoms with Gasteiger partial charge in [0, 0.05) is 24.6 Å². The zero-order valence-corrected chi connectivity index (χ0v) is 15.6. The Morgan fingerprint density at radius 1 is 1.15 bits per heavy atom. The summed E-state index contributed by atoms with van der Waals surface area (Å²) in [5.41, 5.74) is 3.57. The summed E-state index contributed by atoms with van der Waals surface area (Å²) in [6, 6.07) is 18.4. The molecule has 1 atom stereocenters. The van der Waals surface area contributed by atoms with Crippen LogP contribution in [0.3, 0.4) is 0 Å². The van der Waals surface area contributed by atoms with Gasteiger partial charge in [0.1, 0.15) is 5.82 Å². The first kappa shape index (κ1) is 18.3. The molecule has 0 saturated heterocycles. The average Bonchev–Trinajstić information content (AvgIpc) is 3.17. The Balaban J connectivity index is 1.55. The summed E-state index contributed by atoms with van der Waals surface area (Å²) in [6.07, 6.45) is 4.18. The van der Waals surface area contributed by atoms with Crippen LogP contribution < -0.4 is 5.32 Å². The van der Waals surface area contributed by atoms with Gasteiger partial charge in [0.25, 0.3) is 0 Å². The zero-order valence-electron chi connectivity index (χ0n) is 14.8. The van der Waals surface area contributed by atoms with Gasteiger partial charge in [-0.2, -0.15) is 0 Å². The molecule has 1 aromatic heterocycles. The number of aromatic amines is 1. The van der Waals surface area contributed by atoms with Crippen LogP contribution in [0.5, 0.6) is 0 Å². The third kappa shape index (κ3) is 5.49. The van der Waals surface area contributed by atoms with Crippen LogP contribution in [0.25, 0.3) is 0 Å². The van der Waals surface area contributed by atoms with E-state index in [1.807, 2.05) is 30.3 Å². The lowest BCUT2D eigenvalue weighted by Crippen LogP contribution is -2.31. The van der Waals surface area contributed by atoms with Crippen molar-refractivity contribution < 1.29 is 4.79 Å². The molecule has 3 rings (SSSR count). The van der Waals surface area contributed by atoms with E-state index in [0.29, 0.717) is 12.2 Å². The van der Waals surface area contributed by atoms with Crippen molar-refractivity contribution in [3.8, 4) is 0 Å². The Bertz CT molecular complexity index is 801. The van der Waals surface area contributed by atoms with Crippen LogP contribution >= 0.6 is 11.8 Å². The van der Waals surface area contributed by atoms with Crippen molar-refractivity contribution in [3.63, 3.8) is 0 Å². The molecule has 1 heterocycles. The largest absolute Gasteiger partial charge is 0.349 e. The predicted octanol–water partition coefficient (Wildman–Crippen LogP) is 4.05. The Morgan fingerprint density at radius 2 is 1.92 bits per heavy atom. The highest BCUT2D eigenvalue weighted by molar-refractivity contribution is 7.99. The van der Waals surface area contributed by atoms with E-state index in [2.05, 4.69) is 46.5 Å². The van der Waals surface area contributed by atoms with Crippen molar-refractivity contribution in [2.75, 3.05) is 5.75 Å². The number of aromatic nitrogens is 2. The summed E-state index contributed by atoms with van der Waals surface area (Å²) in [4.78, 5) is 19.8. The molecular formula is C21H23N3OS. The molecule has 0 aliphatic carbocycles. The number of thioether (sulfide) groups is 1. The SMILES string of the molecule is Cc1ccc(CSCC(=O)NC(Cc2ncc[nH]2)c2ccccc2)cc1. The van der Waals surface area contributed by atoms with E-state index in [0.717, 1.165) is 17.1 Å². The Hall–Kier alpha value is -2.53. The normalized spacial score (nSPS) is 11.9. The number of nitrogens with zero attached hydrogens (tertiary/aromatic N) is 1. The topological polar surface area (TPSA) is 57.8 Å². The van der Waals surface area contributed by atoms with Gasteiger partial charge >= 0.3 is 0 Å². The van der Waals surface area contributed by atoms with Crippen LogP contribution in [0, 0.1) is 6.92 Å². The monoisotopic (exact) mass is 365 g/mol. The molecule has 0 radical (unpaired) electrons. The van der Waals surface area contributed by atoms with Crippen LogP contribution in [0.4, 0.5) is 0 Å². The summed E-state index contributed by atoms with van der Waals surface area (Å²) >= 11 is 1.63. The number of hydrogen-bond donors (Lipinski definition) is 2. The average molecular weight is 366 g/mol. The number of carbonyl (C=O) groups excluding carboxylic acids is 1. The number of aryl methyl sites for hydroxylation is 1. The lowest BCUT2D eigenvalue weighted by atomic mass is 10.0. The fraction of sp³-hybridized carbons (Fsp3) is 0.238. The molecule has 2 N–H and O–H groups in total. The highest BCUT2D eigenvalue weighted by Gasteiger charge is 2.16. The smallest absolute Gasteiger partial charge is 0.230 e. The van der Waals surface area contributed by atoms with Gasteiger partial charge in [-0.25, -0.2) is 4.98 Å². The number of carbonyl (C=O) groups is 1. The summed E-state index contributed by atoms with van der Waals surface area (Å²) in [5, 5.41) is 3.15. The number of rotatable bonds is 8. The van der Waals surface area contributed by atoms with Crippen molar-refractivity contribution >= 4 is 17.7 Å². The van der Waals surface area contributed by atoms with E-state index in [1.54, 1.807) is 24.2 Å². The van der Waals surface area contributed by atoms with Gasteiger partial charge in [0.05, 0.1) is 11.8 Å². The first-order chi connectivity index (χ1) is 12.7. The van der Waals surface area contributed by atoms with Crippen LogP contribution in [0.1, 0.15) is 28.6 Å². The minimum Gasteiger partial charge on any atom is -0.349 e. The Labute approximate surface area is 158 Å². The van der Waals surface area contributed by atoms with Crippen LogP contribution in [0.2, 0.25) is 0 Å². The molecule has 0 aliphatic rings. The number of imidazole rings is 1. The molecular weight excluding hydrogens is 342 g/mol. The molecule has 0 bridgehead atoms. The van der Waals surface area contributed by atoms with E-state index >= 15 is 0 Å². The van der Waals surface area contributed by atoms with Gasteiger partial charge in [-0.1, -0.05) is 60.2 Å². The molecule has 5 heteroatoms. The zero-order chi connectivity index (χ0) is 18.2. The third-order valence-corrected chi connectivity index (χ3v) is 5.12. The lowest BCUT2D eigenvalue weighted by Gasteiger charge is -2.18.